The van der Waals surface area contributed by atoms with Gasteiger partial charge in [0.25, 0.3) is 0 Å². The lowest BCUT2D eigenvalue weighted by atomic mass is 10.2. The summed E-state index contributed by atoms with van der Waals surface area (Å²) in [5, 5.41) is 22.4. The molecule has 104 valence electrons. The number of benzene rings is 1. The molecule has 0 saturated heterocycles. The zero-order valence-electron chi connectivity index (χ0n) is 10.2. The van der Waals surface area contributed by atoms with E-state index >= 15 is 0 Å². The minimum Gasteiger partial charge on any atom is -0.550 e. The molecule has 2 N–H and O–H groups in total. The molecule has 0 aliphatic heterocycles. The van der Waals surface area contributed by atoms with Crippen LogP contribution in [0.4, 0.5) is 0 Å². The summed E-state index contributed by atoms with van der Waals surface area (Å²) in [7, 11) is 1.42. The Kier molecular flexibility index (Phi) is 5.62. The minimum atomic E-state index is -1.26. The van der Waals surface area contributed by atoms with E-state index < -0.39 is 5.97 Å². The average molecular weight is 331 g/mol. The summed E-state index contributed by atoms with van der Waals surface area (Å²) < 4.78 is 5.42. The molecular weight excluding hydrogens is 318 g/mol. The fourth-order valence-corrected chi connectivity index (χ4v) is 1.88. The molecule has 0 fully saturated rings. The highest BCUT2D eigenvalue weighted by Crippen LogP contribution is 2.35. The van der Waals surface area contributed by atoms with E-state index in [2.05, 4.69) is 21.2 Å². The van der Waals surface area contributed by atoms with Gasteiger partial charge in [0.05, 0.1) is 11.6 Å². The highest BCUT2D eigenvalue weighted by molar-refractivity contribution is 9.10. The molecule has 0 aliphatic carbocycles. The summed E-state index contributed by atoms with van der Waals surface area (Å²) in [4.78, 5) is 21.5. The monoisotopic (exact) mass is 330 g/mol. The Morgan fingerprint density at radius 2 is 2.11 bits per heavy atom. The maximum Gasteiger partial charge on any atom is 0.220 e. The predicted molar refractivity (Wildman–Crippen MR) is 68.4 cm³/mol. The fraction of sp³-hybridized carbons (Fsp3) is 0.333. The maximum atomic E-state index is 11.3. The third-order valence-corrected chi connectivity index (χ3v) is 2.96. The number of hydrogen-bond donors (Lipinski definition) is 2. The van der Waals surface area contributed by atoms with Crippen molar-refractivity contribution in [1.82, 2.24) is 5.32 Å². The van der Waals surface area contributed by atoms with Gasteiger partial charge in [0, 0.05) is 18.9 Å². The molecule has 0 atom stereocenters. The van der Waals surface area contributed by atoms with Crippen molar-refractivity contribution in [1.29, 1.82) is 0 Å². The molecule has 0 aromatic heterocycles. The Balaban J connectivity index is 2.60. The van der Waals surface area contributed by atoms with Gasteiger partial charge in [0.1, 0.15) is 0 Å². The summed E-state index contributed by atoms with van der Waals surface area (Å²) in [5.41, 5.74) is 0.711. The SMILES string of the molecule is COc1cc(CNC(=O)CCC(=O)[O-])cc(Br)c1O. The quantitative estimate of drug-likeness (QED) is 0.782. The lowest BCUT2D eigenvalue weighted by Gasteiger charge is -2.10. The number of ether oxygens (including phenoxy) is 1. The molecular formula is C12H13BrNO5-. The molecule has 0 saturated carbocycles. The number of carboxylic acid groups (broad SMARTS) is 1. The van der Waals surface area contributed by atoms with E-state index in [1.807, 2.05) is 0 Å². The van der Waals surface area contributed by atoms with Gasteiger partial charge in [-0.1, -0.05) is 0 Å². The van der Waals surface area contributed by atoms with Crippen molar-refractivity contribution in [3.63, 3.8) is 0 Å². The number of hydrogen-bond acceptors (Lipinski definition) is 5. The summed E-state index contributed by atoms with van der Waals surface area (Å²) in [6, 6.07) is 3.22. The van der Waals surface area contributed by atoms with E-state index in [-0.39, 0.29) is 36.8 Å². The molecule has 7 heteroatoms. The van der Waals surface area contributed by atoms with Crippen molar-refractivity contribution in [2.75, 3.05) is 7.11 Å². The Bertz CT molecular complexity index is 489. The average Bonchev–Trinajstić information content (AvgIpc) is 2.37. The van der Waals surface area contributed by atoms with Gasteiger partial charge < -0.3 is 25.1 Å². The van der Waals surface area contributed by atoms with Crippen LogP contribution in [-0.4, -0.2) is 24.1 Å². The minimum absolute atomic E-state index is 0.0190. The number of nitrogens with one attached hydrogen (secondary N) is 1. The van der Waals surface area contributed by atoms with Crippen LogP contribution < -0.4 is 15.2 Å². The summed E-state index contributed by atoms with van der Waals surface area (Å²) in [6.07, 6.45) is -0.437. The highest BCUT2D eigenvalue weighted by atomic mass is 79.9. The lowest BCUT2D eigenvalue weighted by Crippen LogP contribution is -2.27. The van der Waals surface area contributed by atoms with Gasteiger partial charge in [-0.3, -0.25) is 4.79 Å². The van der Waals surface area contributed by atoms with Crippen LogP contribution >= 0.6 is 15.9 Å². The summed E-state index contributed by atoms with van der Waals surface area (Å²) >= 11 is 3.17. The molecule has 0 bridgehead atoms. The Hall–Kier alpha value is -1.76. The van der Waals surface area contributed by atoms with Crippen LogP contribution in [0.25, 0.3) is 0 Å². The van der Waals surface area contributed by atoms with Crippen molar-refractivity contribution in [2.24, 2.45) is 0 Å². The van der Waals surface area contributed by atoms with Gasteiger partial charge in [0.2, 0.25) is 5.91 Å². The zero-order valence-corrected chi connectivity index (χ0v) is 11.8. The normalized spacial score (nSPS) is 10.0. The van der Waals surface area contributed by atoms with E-state index in [4.69, 9.17) is 4.74 Å². The Labute approximate surface area is 118 Å². The van der Waals surface area contributed by atoms with Gasteiger partial charge in [-0.2, -0.15) is 0 Å². The van der Waals surface area contributed by atoms with Gasteiger partial charge in [-0.25, -0.2) is 0 Å². The molecule has 1 amide bonds. The first kappa shape index (κ1) is 15.3. The van der Waals surface area contributed by atoms with Crippen LogP contribution in [0.3, 0.4) is 0 Å². The number of aromatic hydroxyl groups is 1. The molecule has 0 radical (unpaired) electrons. The molecule has 1 aromatic rings. The standard InChI is InChI=1S/C12H14BrNO5/c1-19-9-5-7(4-8(13)12(9)18)6-14-10(15)2-3-11(16)17/h4-5,18H,2-3,6H2,1H3,(H,14,15)(H,16,17)/p-1. The third-order valence-electron chi connectivity index (χ3n) is 2.35. The molecule has 0 heterocycles. The van der Waals surface area contributed by atoms with Crippen LogP contribution in [0.5, 0.6) is 11.5 Å². The number of aliphatic carboxylic acids is 1. The number of phenolic OH excluding ortho intramolecular Hbond substituents is 1. The van der Waals surface area contributed by atoms with Crippen LogP contribution in [0.2, 0.25) is 0 Å². The number of rotatable bonds is 6. The van der Waals surface area contributed by atoms with Crippen LogP contribution in [0.1, 0.15) is 18.4 Å². The second kappa shape index (κ2) is 6.98. The number of methoxy groups -OCH3 is 1. The van der Waals surface area contributed by atoms with Gasteiger partial charge in [-0.05, 0) is 40.0 Å². The van der Waals surface area contributed by atoms with Crippen LogP contribution in [0, 0.1) is 0 Å². The predicted octanol–water partition coefficient (Wildman–Crippen LogP) is 0.310. The van der Waals surface area contributed by atoms with Crippen molar-refractivity contribution in [3.05, 3.63) is 22.2 Å². The van der Waals surface area contributed by atoms with Gasteiger partial charge in [0.15, 0.2) is 11.5 Å². The number of carboxylic acids is 1. The molecule has 1 rings (SSSR count). The van der Waals surface area contributed by atoms with Crippen LogP contribution in [-0.2, 0) is 16.1 Å². The fourth-order valence-electron chi connectivity index (χ4n) is 1.39. The number of phenols is 1. The van der Waals surface area contributed by atoms with E-state index in [9.17, 15) is 19.8 Å². The second-order valence-corrected chi connectivity index (χ2v) is 4.63. The first-order valence-electron chi connectivity index (χ1n) is 5.46. The number of amides is 1. The summed E-state index contributed by atoms with van der Waals surface area (Å²) in [5.74, 6) is -1.38. The van der Waals surface area contributed by atoms with E-state index in [1.165, 1.54) is 7.11 Å². The van der Waals surface area contributed by atoms with E-state index in [1.54, 1.807) is 12.1 Å². The van der Waals surface area contributed by atoms with Crippen molar-refractivity contribution < 1.29 is 24.5 Å². The number of carbonyl (C=O) groups is 2. The van der Waals surface area contributed by atoms with E-state index in [0.29, 0.717) is 10.0 Å². The van der Waals surface area contributed by atoms with Crippen molar-refractivity contribution in [3.8, 4) is 11.5 Å². The third kappa shape index (κ3) is 4.78. The Morgan fingerprint density at radius 1 is 1.42 bits per heavy atom. The first-order valence-corrected chi connectivity index (χ1v) is 6.25. The number of carbonyl (C=O) groups excluding carboxylic acids is 2. The molecule has 0 unspecified atom stereocenters. The first-order chi connectivity index (χ1) is 8.93. The van der Waals surface area contributed by atoms with Crippen molar-refractivity contribution >= 4 is 27.8 Å². The largest absolute Gasteiger partial charge is 0.550 e. The summed E-state index contributed by atoms with van der Waals surface area (Å²) in [6.45, 7) is 0.209. The topological polar surface area (TPSA) is 98.7 Å². The number of halogens is 1. The van der Waals surface area contributed by atoms with E-state index in [0.717, 1.165) is 0 Å². The Morgan fingerprint density at radius 3 is 2.68 bits per heavy atom. The smallest absolute Gasteiger partial charge is 0.220 e. The van der Waals surface area contributed by atoms with Crippen molar-refractivity contribution in [2.45, 2.75) is 19.4 Å². The van der Waals surface area contributed by atoms with Gasteiger partial charge >= 0.3 is 0 Å². The molecule has 6 nitrogen and oxygen atoms in total. The highest BCUT2D eigenvalue weighted by Gasteiger charge is 2.09. The zero-order chi connectivity index (χ0) is 14.4. The molecule has 0 aliphatic rings. The lowest BCUT2D eigenvalue weighted by molar-refractivity contribution is -0.305. The molecule has 19 heavy (non-hydrogen) atoms. The van der Waals surface area contributed by atoms with Gasteiger partial charge in [-0.15, -0.1) is 0 Å². The molecule has 0 spiro atoms. The maximum absolute atomic E-state index is 11.3. The second-order valence-electron chi connectivity index (χ2n) is 3.78. The van der Waals surface area contributed by atoms with Crippen LogP contribution in [0.15, 0.2) is 16.6 Å². The molecule has 1 aromatic carbocycles.